The summed E-state index contributed by atoms with van der Waals surface area (Å²) >= 11 is 0. The molecule has 1 amide bonds. The number of sulfonamides is 1. The number of alkyl halides is 1. The summed E-state index contributed by atoms with van der Waals surface area (Å²) in [7, 11) is -0.177. The third-order valence-electron chi connectivity index (χ3n) is 7.63. The van der Waals surface area contributed by atoms with Crippen molar-refractivity contribution in [3.05, 3.63) is 47.0 Å². The molecular weight excluding hydrogens is 515 g/mol. The van der Waals surface area contributed by atoms with Crippen molar-refractivity contribution >= 4 is 27.4 Å². The Morgan fingerprint density at radius 3 is 2.42 bits per heavy atom. The van der Waals surface area contributed by atoms with Gasteiger partial charge in [0, 0.05) is 34.8 Å². The topological polar surface area (TPSA) is 123 Å². The maximum absolute atomic E-state index is 13.6. The smallest absolute Gasteiger partial charge is 0.270 e. The van der Waals surface area contributed by atoms with Crippen LogP contribution in [0.5, 0.6) is 11.5 Å². The predicted molar refractivity (Wildman–Crippen MR) is 137 cm³/mol. The lowest BCUT2D eigenvalue weighted by Gasteiger charge is -2.37. The molecule has 0 radical (unpaired) electrons. The first-order valence-corrected chi connectivity index (χ1v) is 13.7. The Hall–Kier alpha value is -3.80. The molecule has 0 atom stereocenters. The molecular formula is C26H27FN4O6S. The number of fused-ring (bicyclic) bond motifs is 4. The number of ether oxygens (including phenoxy) is 2. The number of carbonyl (C=O) groups excluding carboxylic acids is 1. The number of halogens is 1. The van der Waals surface area contributed by atoms with Gasteiger partial charge in [0.05, 0.1) is 27.3 Å². The van der Waals surface area contributed by atoms with Gasteiger partial charge in [-0.3, -0.25) is 9.52 Å². The fraction of sp³-hybridized carbons (Fsp3) is 0.385. The second kappa shape index (κ2) is 8.62. The number of amides is 1. The van der Waals surface area contributed by atoms with Gasteiger partial charge in [0.25, 0.3) is 15.9 Å². The Bertz CT molecular complexity index is 1530. The number of carbonyl (C=O) groups is 1. The zero-order chi connectivity index (χ0) is 26.8. The van der Waals surface area contributed by atoms with Gasteiger partial charge in [-0.1, -0.05) is 11.2 Å². The van der Waals surface area contributed by atoms with Crippen molar-refractivity contribution in [1.29, 1.82) is 0 Å². The Balaban J connectivity index is 1.39. The molecule has 1 aliphatic heterocycles. The molecule has 10 nitrogen and oxygen atoms in total. The van der Waals surface area contributed by atoms with E-state index in [0.717, 1.165) is 29.7 Å². The highest BCUT2D eigenvalue weighted by Crippen LogP contribution is 2.59. The van der Waals surface area contributed by atoms with E-state index >= 15 is 0 Å². The Kier molecular flexibility index (Phi) is 5.56. The van der Waals surface area contributed by atoms with Crippen molar-refractivity contribution in [1.82, 2.24) is 10.5 Å². The summed E-state index contributed by atoms with van der Waals surface area (Å²) in [6.45, 7) is 0.696. The summed E-state index contributed by atoms with van der Waals surface area (Å²) in [5.41, 5.74) is 3.64. The summed E-state index contributed by atoms with van der Waals surface area (Å²) in [4.78, 5) is 13.9. The average molecular weight is 543 g/mol. The van der Waals surface area contributed by atoms with Crippen LogP contribution in [0.25, 0.3) is 11.3 Å². The minimum absolute atomic E-state index is 0.0535. The summed E-state index contributed by atoms with van der Waals surface area (Å²) in [5, 5.41) is 6.60. The molecule has 2 fully saturated rings. The molecule has 2 aliphatic carbocycles. The van der Waals surface area contributed by atoms with E-state index in [1.54, 1.807) is 0 Å². The van der Waals surface area contributed by atoms with Gasteiger partial charge in [-0.15, -0.1) is 0 Å². The minimum Gasteiger partial charge on any atom is -0.495 e. The molecule has 2 N–H and O–H groups in total. The number of benzene rings is 2. The van der Waals surface area contributed by atoms with Crippen LogP contribution in [0, 0.1) is 0 Å². The molecule has 12 heteroatoms. The van der Waals surface area contributed by atoms with Gasteiger partial charge in [0.15, 0.2) is 16.5 Å². The van der Waals surface area contributed by atoms with Crippen molar-refractivity contribution in [2.75, 3.05) is 44.0 Å². The first-order chi connectivity index (χ1) is 18.2. The summed E-state index contributed by atoms with van der Waals surface area (Å²) in [5.74, 6) is 0.0688. The summed E-state index contributed by atoms with van der Waals surface area (Å²) in [6, 6.07) is 8.73. The standard InChI is InChI=1S/C26H27FN4O6S/c1-28-25(32)14-8-20(35-2)23(21(9-14)36-3)38(33,34)30-24-18-11-26(6-7-26)19-5-4-16(31-12-15(27)13-31)10-17(19)22(18)37-29-24/h4-5,8-10,15H,6-7,11-13H2,1-3H3,(H,28,32)(H,29,30). The molecule has 1 saturated heterocycles. The monoisotopic (exact) mass is 542 g/mol. The molecule has 200 valence electrons. The Morgan fingerprint density at radius 2 is 1.84 bits per heavy atom. The molecule has 0 bridgehead atoms. The van der Waals surface area contributed by atoms with Crippen LogP contribution < -0.4 is 24.4 Å². The lowest BCUT2D eigenvalue weighted by atomic mass is 9.79. The molecule has 0 unspecified atom stereocenters. The van der Waals surface area contributed by atoms with Crippen LogP contribution in [0.4, 0.5) is 15.9 Å². The van der Waals surface area contributed by atoms with Crippen LogP contribution in [0.15, 0.2) is 39.8 Å². The SMILES string of the molecule is CNC(=O)c1cc(OC)c(S(=O)(=O)Nc2noc3c2CC2(CC2)c2ccc(N4CC(F)C4)cc2-3)c(OC)c1. The fourth-order valence-electron chi connectivity index (χ4n) is 5.41. The third-order valence-corrected chi connectivity index (χ3v) is 9.03. The van der Waals surface area contributed by atoms with Crippen LogP contribution in [0.3, 0.4) is 0 Å². The van der Waals surface area contributed by atoms with E-state index in [0.29, 0.717) is 30.8 Å². The van der Waals surface area contributed by atoms with E-state index in [9.17, 15) is 17.6 Å². The normalized spacial score (nSPS) is 17.3. The Morgan fingerprint density at radius 1 is 1.16 bits per heavy atom. The van der Waals surface area contributed by atoms with Crippen LogP contribution in [0.1, 0.15) is 34.3 Å². The minimum atomic E-state index is -4.27. The lowest BCUT2D eigenvalue weighted by Crippen LogP contribution is -2.48. The molecule has 3 aromatic rings. The first-order valence-electron chi connectivity index (χ1n) is 12.2. The highest BCUT2D eigenvalue weighted by atomic mass is 32.2. The second-order valence-corrected chi connectivity index (χ2v) is 11.5. The van der Waals surface area contributed by atoms with Gasteiger partial charge in [-0.05, 0) is 49.1 Å². The number of methoxy groups -OCH3 is 2. The fourth-order valence-corrected chi connectivity index (χ4v) is 6.74. The molecule has 1 aromatic heterocycles. The van der Waals surface area contributed by atoms with Gasteiger partial charge in [0.2, 0.25) is 0 Å². The van der Waals surface area contributed by atoms with E-state index in [1.807, 2.05) is 17.0 Å². The first kappa shape index (κ1) is 24.5. The van der Waals surface area contributed by atoms with Gasteiger partial charge in [-0.2, -0.15) is 0 Å². The second-order valence-electron chi connectivity index (χ2n) is 9.92. The van der Waals surface area contributed by atoms with Crippen molar-refractivity contribution in [2.24, 2.45) is 0 Å². The van der Waals surface area contributed by atoms with Crippen LogP contribution in [-0.2, 0) is 21.9 Å². The number of rotatable bonds is 7. The third kappa shape index (κ3) is 3.77. The highest BCUT2D eigenvalue weighted by Gasteiger charge is 2.51. The van der Waals surface area contributed by atoms with E-state index < -0.39 is 22.1 Å². The number of nitrogens with one attached hydrogen (secondary N) is 2. The predicted octanol–water partition coefficient (Wildman–Crippen LogP) is 3.27. The lowest BCUT2D eigenvalue weighted by molar-refractivity contribution is 0.0962. The average Bonchev–Trinajstić information content (AvgIpc) is 3.57. The molecule has 1 saturated carbocycles. The number of nitrogens with zero attached hydrogens (tertiary/aromatic N) is 2. The van der Waals surface area contributed by atoms with Gasteiger partial charge < -0.3 is 24.2 Å². The number of aromatic nitrogens is 1. The number of anilines is 2. The zero-order valence-corrected chi connectivity index (χ0v) is 21.9. The van der Waals surface area contributed by atoms with Crippen LogP contribution in [-0.4, -0.2) is 60.0 Å². The number of hydrogen-bond donors (Lipinski definition) is 2. The van der Waals surface area contributed by atoms with Crippen LogP contribution >= 0.6 is 0 Å². The van der Waals surface area contributed by atoms with Gasteiger partial charge in [-0.25, -0.2) is 12.8 Å². The largest absolute Gasteiger partial charge is 0.495 e. The Labute approximate surface area is 219 Å². The van der Waals surface area contributed by atoms with Crippen molar-refractivity contribution < 1.29 is 31.6 Å². The molecule has 2 heterocycles. The molecule has 2 aromatic carbocycles. The number of hydrogen-bond acceptors (Lipinski definition) is 8. The highest BCUT2D eigenvalue weighted by molar-refractivity contribution is 7.93. The van der Waals surface area contributed by atoms with Crippen molar-refractivity contribution in [3.63, 3.8) is 0 Å². The van der Waals surface area contributed by atoms with E-state index in [1.165, 1.54) is 33.4 Å². The molecule has 1 spiro atoms. The van der Waals surface area contributed by atoms with Gasteiger partial charge in [0.1, 0.15) is 17.7 Å². The van der Waals surface area contributed by atoms with Crippen molar-refractivity contribution in [2.45, 2.75) is 35.7 Å². The summed E-state index contributed by atoms with van der Waals surface area (Å²) < 4.78 is 59.7. The molecule has 6 rings (SSSR count). The maximum Gasteiger partial charge on any atom is 0.270 e. The van der Waals surface area contributed by atoms with Gasteiger partial charge >= 0.3 is 0 Å². The zero-order valence-electron chi connectivity index (χ0n) is 21.1. The molecule has 3 aliphatic rings. The van der Waals surface area contributed by atoms with Crippen molar-refractivity contribution in [3.8, 4) is 22.8 Å². The maximum atomic E-state index is 13.6. The van der Waals surface area contributed by atoms with E-state index in [2.05, 4.69) is 21.3 Å². The van der Waals surface area contributed by atoms with E-state index in [4.69, 9.17) is 14.0 Å². The van der Waals surface area contributed by atoms with E-state index in [-0.39, 0.29) is 33.2 Å². The molecule has 38 heavy (non-hydrogen) atoms. The van der Waals surface area contributed by atoms with Crippen LogP contribution in [0.2, 0.25) is 0 Å². The quantitative estimate of drug-likeness (QED) is 0.467. The summed E-state index contributed by atoms with van der Waals surface area (Å²) in [6.07, 6.45) is 1.68.